The van der Waals surface area contributed by atoms with E-state index >= 15 is 0 Å². The molecule has 1 atom stereocenters. The minimum Gasteiger partial charge on any atom is -0.385 e. The largest absolute Gasteiger partial charge is 0.385 e. The molecule has 1 aromatic heterocycles. The van der Waals surface area contributed by atoms with Crippen LogP contribution >= 0.6 is 15.9 Å². The highest BCUT2D eigenvalue weighted by Crippen LogP contribution is 2.17. The van der Waals surface area contributed by atoms with Crippen LogP contribution in [0.4, 0.5) is 14.6 Å². The third kappa shape index (κ3) is 4.51. The highest BCUT2D eigenvalue weighted by atomic mass is 79.9. The first-order valence-corrected chi connectivity index (χ1v) is 5.94. The summed E-state index contributed by atoms with van der Waals surface area (Å²) in [6.45, 7) is 3.61. The fraction of sp³-hybridized carbons (Fsp3) is 0.600. The Kier molecular flexibility index (Phi) is 5.20. The highest BCUT2D eigenvalue weighted by molar-refractivity contribution is 9.10. The zero-order valence-electron chi connectivity index (χ0n) is 9.49. The topological polar surface area (TPSA) is 58.0 Å². The molecular formula is C10H14BrF2N3O. The average molecular weight is 310 g/mol. The summed E-state index contributed by atoms with van der Waals surface area (Å²) >= 11 is 3.22. The Labute approximate surface area is 107 Å². The molecule has 1 aromatic rings. The number of aromatic nitrogens is 2. The first-order chi connectivity index (χ1) is 7.90. The molecule has 0 bridgehead atoms. The van der Waals surface area contributed by atoms with Gasteiger partial charge in [0.15, 0.2) is 0 Å². The van der Waals surface area contributed by atoms with Gasteiger partial charge in [-0.1, -0.05) is 13.8 Å². The normalized spacial score (nSPS) is 13.2. The molecule has 0 saturated carbocycles. The lowest BCUT2D eigenvalue weighted by molar-refractivity contribution is 0.00380. The first kappa shape index (κ1) is 14.2. The van der Waals surface area contributed by atoms with Gasteiger partial charge in [-0.15, -0.1) is 0 Å². The van der Waals surface area contributed by atoms with Crippen LogP contribution in [-0.2, 0) is 0 Å². The van der Waals surface area contributed by atoms with Gasteiger partial charge in [-0.05, 0) is 15.9 Å². The van der Waals surface area contributed by atoms with E-state index in [-0.39, 0.29) is 12.5 Å². The maximum absolute atomic E-state index is 12.1. The maximum atomic E-state index is 12.1. The van der Waals surface area contributed by atoms with Crippen LogP contribution in [-0.4, -0.2) is 34.1 Å². The lowest BCUT2D eigenvalue weighted by Gasteiger charge is -2.12. The van der Waals surface area contributed by atoms with Crippen LogP contribution in [0.2, 0.25) is 0 Å². The summed E-state index contributed by atoms with van der Waals surface area (Å²) in [6.07, 6.45) is -4.47. The van der Waals surface area contributed by atoms with Crippen LogP contribution in [0.1, 0.15) is 25.6 Å². The summed E-state index contributed by atoms with van der Waals surface area (Å²) in [5.74, 6) is 1.15. The molecule has 7 heteroatoms. The van der Waals surface area contributed by atoms with E-state index in [0.717, 1.165) is 0 Å². The predicted molar refractivity (Wildman–Crippen MR) is 64.3 cm³/mol. The van der Waals surface area contributed by atoms with Crippen molar-refractivity contribution in [3.8, 4) is 0 Å². The molecule has 1 heterocycles. The molecule has 0 amide bonds. The van der Waals surface area contributed by atoms with Gasteiger partial charge in [-0.3, -0.25) is 0 Å². The molecular weight excluding hydrogens is 296 g/mol. The number of aliphatic hydroxyl groups excluding tert-OH is 1. The maximum Gasteiger partial charge on any atom is 0.265 e. The number of nitrogens with zero attached hydrogens (tertiary/aromatic N) is 2. The molecule has 4 nitrogen and oxygen atoms in total. The minimum atomic E-state index is -2.77. The summed E-state index contributed by atoms with van der Waals surface area (Å²) < 4.78 is 24.7. The minimum absolute atomic E-state index is 0.132. The zero-order valence-corrected chi connectivity index (χ0v) is 11.1. The number of rotatable bonds is 5. The second-order valence-corrected chi connectivity index (χ2v) is 4.68. The van der Waals surface area contributed by atoms with Gasteiger partial charge in [0.2, 0.25) is 0 Å². The lowest BCUT2D eigenvalue weighted by atomic mass is 10.2. The SMILES string of the molecule is CC(C)c1nc(Br)cc(NCC(O)C(F)F)n1. The molecule has 0 saturated heterocycles. The zero-order chi connectivity index (χ0) is 13.0. The highest BCUT2D eigenvalue weighted by Gasteiger charge is 2.16. The van der Waals surface area contributed by atoms with Crippen LogP contribution < -0.4 is 5.32 Å². The summed E-state index contributed by atoms with van der Waals surface area (Å²) in [6, 6.07) is 1.57. The number of nitrogens with one attached hydrogen (secondary N) is 1. The predicted octanol–water partition coefficient (Wildman–Crippen LogP) is 2.40. The van der Waals surface area contributed by atoms with Crippen molar-refractivity contribution in [2.45, 2.75) is 32.3 Å². The monoisotopic (exact) mass is 309 g/mol. The van der Waals surface area contributed by atoms with E-state index in [1.54, 1.807) is 6.07 Å². The summed E-state index contributed by atoms with van der Waals surface area (Å²) in [5, 5.41) is 11.6. The summed E-state index contributed by atoms with van der Waals surface area (Å²) in [7, 11) is 0. The number of alkyl halides is 2. The van der Waals surface area contributed by atoms with Gasteiger partial charge in [0.25, 0.3) is 6.43 Å². The Morgan fingerprint density at radius 2 is 2.06 bits per heavy atom. The summed E-state index contributed by atoms with van der Waals surface area (Å²) in [5.41, 5.74) is 0. The quantitative estimate of drug-likeness (QED) is 0.820. The average Bonchev–Trinajstić information content (AvgIpc) is 2.24. The standard InChI is InChI=1S/C10H14BrF2N3O/c1-5(2)10-15-7(11)3-8(16-10)14-4-6(17)9(12)13/h3,5-6,9,17H,4H2,1-2H3,(H,14,15,16). The van der Waals surface area contributed by atoms with E-state index < -0.39 is 12.5 Å². The van der Waals surface area contributed by atoms with E-state index in [2.05, 4.69) is 31.2 Å². The van der Waals surface area contributed by atoms with Crippen molar-refractivity contribution in [3.63, 3.8) is 0 Å². The molecule has 0 aliphatic rings. The fourth-order valence-corrected chi connectivity index (χ4v) is 1.48. The molecule has 96 valence electrons. The van der Waals surface area contributed by atoms with Gasteiger partial charge in [0.05, 0.1) is 0 Å². The van der Waals surface area contributed by atoms with Crippen LogP contribution in [0, 0.1) is 0 Å². The van der Waals surface area contributed by atoms with Crippen molar-refractivity contribution in [2.75, 3.05) is 11.9 Å². The van der Waals surface area contributed by atoms with Gasteiger partial charge < -0.3 is 10.4 Å². The number of hydrogen-bond acceptors (Lipinski definition) is 4. The third-order valence-electron chi connectivity index (χ3n) is 2.01. The number of anilines is 1. The van der Waals surface area contributed by atoms with Gasteiger partial charge >= 0.3 is 0 Å². The molecule has 0 spiro atoms. The van der Waals surface area contributed by atoms with Crippen molar-refractivity contribution >= 4 is 21.7 Å². The Morgan fingerprint density at radius 1 is 1.41 bits per heavy atom. The van der Waals surface area contributed by atoms with Gasteiger partial charge in [-0.2, -0.15) is 0 Å². The fourth-order valence-electron chi connectivity index (χ4n) is 1.08. The van der Waals surface area contributed by atoms with Crippen LogP contribution in [0.15, 0.2) is 10.7 Å². The van der Waals surface area contributed by atoms with Crippen LogP contribution in [0.25, 0.3) is 0 Å². The van der Waals surface area contributed by atoms with Crippen molar-refractivity contribution in [1.29, 1.82) is 0 Å². The second-order valence-electron chi connectivity index (χ2n) is 3.87. The van der Waals surface area contributed by atoms with E-state index in [4.69, 9.17) is 5.11 Å². The third-order valence-corrected chi connectivity index (χ3v) is 2.42. The number of halogens is 3. The Bertz CT molecular complexity index is 377. The van der Waals surface area contributed by atoms with Crippen LogP contribution in [0.5, 0.6) is 0 Å². The van der Waals surface area contributed by atoms with E-state index in [0.29, 0.717) is 16.2 Å². The molecule has 1 unspecified atom stereocenters. The molecule has 0 aromatic carbocycles. The molecule has 1 rings (SSSR count). The Balaban J connectivity index is 2.71. The molecule has 17 heavy (non-hydrogen) atoms. The van der Waals surface area contributed by atoms with Gasteiger partial charge in [0, 0.05) is 18.5 Å². The van der Waals surface area contributed by atoms with Crippen molar-refractivity contribution in [2.24, 2.45) is 0 Å². The first-order valence-electron chi connectivity index (χ1n) is 5.14. The number of hydrogen-bond donors (Lipinski definition) is 2. The molecule has 2 N–H and O–H groups in total. The van der Waals surface area contributed by atoms with E-state index in [9.17, 15) is 8.78 Å². The van der Waals surface area contributed by atoms with E-state index in [1.165, 1.54) is 0 Å². The smallest absolute Gasteiger partial charge is 0.265 e. The Morgan fingerprint density at radius 3 is 2.59 bits per heavy atom. The Hall–Kier alpha value is -0.820. The van der Waals surface area contributed by atoms with Crippen molar-refractivity contribution in [1.82, 2.24) is 9.97 Å². The summed E-state index contributed by atoms with van der Waals surface area (Å²) in [4.78, 5) is 8.31. The second kappa shape index (κ2) is 6.20. The van der Waals surface area contributed by atoms with Gasteiger partial charge in [-0.25, -0.2) is 18.7 Å². The van der Waals surface area contributed by atoms with Crippen molar-refractivity contribution < 1.29 is 13.9 Å². The van der Waals surface area contributed by atoms with E-state index in [1.807, 2.05) is 13.8 Å². The molecule has 0 radical (unpaired) electrons. The molecule has 0 aliphatic heterocycles. The van der Waals surface area contributed by atoms with Crippen molar-refractivity contribution in [3.05, 3.63) is 16.5 Å². The molecule has 0 fully saturated rings. The lowest BCUT2D eigenvalue weighted by Crippen LogP contribution is -2.27. The van der Waals surface area contributed by atoms with Crippen LogP contribution in [0.3, 0.4) is 0 Å². The van der Waals surface area contributed by atoms with Gasteiger partial charge in [0.1, 0.15) is 22.3 Å². The number of aliphatic hydroxyl groups is 1. The molecule has 0 aliphatic carbocycles.